The Morgan fingerprint density at radius 2 is 0.983 bits per heavy atom. The quantitative estimate of drug-likeness (QED) is 0.169. The zero-order valence-electron chi connectivity index (χ0n) is 32.1. The molecule has 0 atom stereocenters. The van der Waals surface area contributed by atoms with Crippen molar-refractivity contribution in [3.63, 3.8) is 0 Å². The standard InChI is InChI=1S/C56H36N2O/c1-3-14-37(15-4-1)39-26-30-43(31-27-39)57(44-32-28-38-16-7-8-18-41(38)34-44)45-35-49(56-53(36-45)59-52-33-29-40-17-9-10-21-46(40)55(52)56)47-23-13-25-51-54(47)48-22-11-12-24-50(48)58(51)42-19-5-2-6-20-42/h1-36H. The van der Waals surface area contributed by atoms with Gasteiger partial charge in [-0.05, 0) is 104 Å². The van der Waals surface area contributed by atoms with Gasteiger partial charge in [0, 0.05) is 44.7 Å². The summed E-state index contributed by atoms with van der Waals surface area (Å²) in [6, 6.07) is 78.7. The van der Waals surface area contributed by atoms with Crippen molar-refractivity contribution in [2.75, 3.05) is 4.90 Å². The molecule has 2 aromatic heterocycles. The fraction of sp³-hybridized carbons (Fsp3) is 0. The molecule has 12 aromatic rings. The summed E-state index contributed by atoms with van der Waals surface area (Å²) < 4.78 is 9.37. The normalized spacial score (nSPS) is 11.7. The van der Waals surface area contributed by atoms with Crippen LogP contribution < -0.4 is 4.90 Å². The van der Waals surface area contributed by atoms with Crippen molar-refractivity contribution in [1.82, 2.24) is 4.57 Å². The number of para-hydroxylation sites is 2. The number of hydrogen-bond donors (Lipinski definition) is 0. The molecule has 0 unspecified atom stereocenters. The molecular formula is C56H36N2O. The molecule has 0 saturated carbocycles. The van der Waals surface area contributed by atoms with Gasteiger partial charge in [-0.25, -0.2) is 0 Å². The van der Waals surface area contributed by atoms with Crippen molar-refractivity contribution >= 4 is 82.4 Å². The van der Waals surface area contributed by atoms with E-state index >= 15 is 0 Å². The number of rotatable bonds is 6. The van der Waals surface area contributed by atoms with Gasteiger partial charge in [0.25, 0.3) is 0 Å². The molecule has 0 fully saturated rings. The Morgan fingerprint density at radius 1 is 0.339 bits per heavy atom. The second-order valence-electron chi connectivity index (χ2n) is 15.3. The van der Waals surface area contributed by atoms with Gasteiger partial charge in [0.1, 0.15) is 11.2 Å². The van der Waals surface area contributed by atoms with Crippen LogP contribution in [-0.4, -0.2) is 4.57 Å². The van der Waals surface area contributed by atoms with Crippen LogP contribution in [0.25, 0.3) is 93.2 Å². The number of benzene rings is 10. The highest BCUT2D eigenvalue weighted by atomic mass is 16.3. The molecule has 0 bridgehead atoms. The third kappa shape index (κ3) is 5.36. The van der Waals surface area contributed by atoms with Crippen LogP contribution in [0.5, 0.6) is 0 Å². The van der Waals surface area contributed by atoms with Crippen LogP contribution in [0.1, 0.15) is 0 Å². The second-order valence-corrected chi connectivity index (χ2v) is 15.3. The summed E-state index contributed by atoms with van der Waals surface area (Å²) in [7, 11) is 0. The van der Waals surface area contributed by atoms with Gasteiger partial charge in [-0.2, -0.15) is 0 Å². The number of fused-ring (bicyclic) bond motifs is 9. The molecule has 10 aromatic carbocycles. The summed E-state index contributed by atoms with van der Waals surface area (Å²) in [5.41, 5.74) is 13.0. The van der Waals surface area contributed by atoms with E-state index in [2.05, 4.69) is 228 Å². The Bertz CT molecular complexity index is 3540. The lowest BCUT2D eigenvalue weighted by molar-refractivity contribution is 0.669. The maximum absolute atomic E-state index is 6.97. The Balaban J connectivity index is 1.18. The van der Waals surface area contributed by atoms with Crippen molar-refractivity contribution in [2.24, 2.45) is 0 Å². The minimum absolute atomic E-state index is 0.847. The van der Waals surface area contributed by atoms with Gasteiger partial charge in [-0.3, -0.25) is 0 Å². The van der Waals surface area contributed by atoms with E-state index in [1.807, 2.05) is 0 Å². The molecule has 0 radical (unpaired) electrons. The zero-order valence-corrected chi connectivity index (χ0v) is 32.1. The average molecular weight is 753 g/mol. The molecule has 0 aliphatic rings. The van der Waals surface area contributed by atoms with E-state index in [0.29, 0.717) is 0 Å². The van der Waals surface area contributed by atoms with E-state index in [1.54, 1.807) is 0 Å². The lowest BCUT2D eigenvalue weighted by atomic mass is 9.93. The van der Waals surface area contributed by atoms with Crippen LogP contribution in [0.15, 0.2) is 223 Å². The fourth-order valence-corrected chi connectivity index (χ4v) is 9.29. The van der Waals surface area contributed by atoms with E-state index in [9.17, 15) is 0 Å². The number of anilines is 3. The van der Waals surface area contributed by atoms with Gasteiger partial charge in [-0.1, -0.05) is 152 Å². The highest BCUT2D eigenvalue weighted by Crippen LogP contribution is 2.48. The van der Waals surface area contributed by atoms with Crippen LogP contribution in [0.2, 0.25) is 0 Å². The van der Waals surface area contributed by atoms with Gasteiger partial charge < -0.3 is 13.9 Å². The number of aromatic nitrogens is 1. The van der Waals surface area contributed by atoms with Gasteiger partial charge in [-0.15, -0.1) is 0 Å². The third-order valence-electron chi connectivity index (χ3n) is 11.9. The molecule has 0 aliphatic carbocycles. The number of furan rings is 1. The topological polar surface area (TPSA) is 21.3 Å². The minimum atomic E-state index is 0.847. The van der Waals surface area contributed by atoms with Crippen LogP contribution in [0.4, 0.5) is 17.1 Å². The molecule has 59 heavy (non-hydrogen) atoms. The summed E-state index contributed by atoms with van der Waals surface area (Å²) in [4.78, 5) is 2.38. The maximum Gasteiger partial charge on any atom is 0.138 e. The Morgan fingerprint density at radius 3 is 1.81 bits per heavy atom. The van der Waals surface area contributed by atoms with Crippen LogP contribution in [-0.2, 0) is 0 Å². The molecule has 0 N–H and O–H groups in total. The predicted octanol–water partition coefficient (Wildman–Crippen LogP) is 15.8. The summed E-state index contributed by atoms with van der Waals surface area (Å²) >= 11 is 0. The molecule has 2 heterocycles. The SMILES string of the molecule is c1ccc(-c2ccc(N(c3ccc4ccccc4c3)c3cc(-c4cccc5c4c4ccccc4n5-c4ccccc4)c4c(c3)oc3ccc5ccccc5c34)cc2)cc1. The lowest BCUT2D eigenvalue weighted by Gasteiger charge is -2.27. The molecule has 0 saturated heterocycles. The molecule has 3 nitrogen and oxygen atoms in total. The highest BCUT2D eigenvalue weighted by molar-refractivity contribution is 6.26. The van der Waals surface area contributed by atoms with Crippen molar-refractivity contribution in [3.05, 3.63) is 218 Å². The number of hydrogen-bond acceptors (Lipinski definition) is 2. The molecular weight excluding hydrogens is 717 g/mol. The van der Waals surface area contributed by atoms with Gasteiger partial charge >= 0.3 is 0 Å². The summed E-state index contributed by atoms with van der Waals surface area (Å²) in [5, 5.41) is 9.43. The van der Waals surface area contributed by atoms with E-state index in [0.717, 1.165) is 61.3 Å². The first-order valence-electron chi connectivity index (χ1n) is 20.2. The van der Waals surface area contributed by atoms with E-state index < -0.39 is 0 Å². The first kappa shape index (κ1) is 33.3. The lowest BCUT2D eigenvalue weighted by Crippen LogP contribution is -2.10. The molecule has 3 heteroatoms. The Kier molecular flexibility index (Phi) is 7.54. The summed E-state index contributed by atoms with van der Waals surface area (Å²) in [6.45, 7) is 0. The highest BCUT2D eigenvalue weighted by Gasteiger charge is 2.24. The van der Waals surface area contributed by atoms with Crippen LogP contribution in [0.3, 0.4) is 0 Å². The largest absolute Gasteiger partial charge is 0.456 e. The van der Waals surface area contributed by atoms with Crippen molar-refractivity contribution in [1.29, 1.82) is 0 Å². The molecule has 0 aliphatic heterocycles. The van der Waals surface area contributed by atoms with Crippen molar-refractivity contribution in [2.45, 2.75) is 0 Å². The summed E-state index contributed by atoms with van der Waals surface area (Å²) in [6.07, 6.45) is 0. The van der Waals surface area contributed by atoms with E-state index in [4.69, 9.17) is 4.42 Å². The predicted molar refractivity (Wildman–Crippen MR) is 249 cm³/mol. The van der Waals surface area contributed by atoms with E-state index in [1.165, 1.54) is 49.0 Å². The first-order valence-corrected chi connectivity index (χ1v) is 20.2. The second kappa shape index (κ2) is 13.4. The molecule has 0 spiro atoms. The number of nitrogens with zero attached hydrogens (tertiary/aromatic N) is 2. The smallest absolute Gasteiger partial charge is 0.138 e. The van der Waals surface area contributed by atoms with Crippen molar-refractivity contribution in [3.8, 4) is 27.9 Å². The van der Waals surface area contributed by atoms with Crippen molar-refractivity contribution < 1.29 is 4.42 Å². The summed E-state index contributed by atoms with van der Waals surface area (Å²) in [5.74, 6) is 0. The molecule has 12 rings (SSSR count). The molecule has 276 valence electrons. The van der Waals surface area contributed by atoms with Gasteiger partial charge in [0.05, 0.1) is 16.7 Å². The van der Waals surface area contributed by atoms with E-state index in [-0.39, 0.29) is 0 Å². The van der Waals surface area contributed by atoms with Crippen LogP contribution >= 0.6 is 0 Å². The van der Waals surface area contributed by atoms with Gasteiger partial charge in [0.15, 0.2) is 0 Å². The minimum Gasteiger partial charge on any atom is -0.456 e. The Labute approximate surface area is 341 Å². The average Bonchev–Trinajstić information content (AvgIpc) is 3.86. The molecule has 0 amide bonds. The maximum atomic E-state index is 6.97. The zero-order chi connectivity index (χ0) is 38.9. The Hall–Kier alpha value is -7.88. The monoisotopic (exact) mass is 752 g/mol. The van der Waals surface area contributed by atoms with Gasteiger partial charge in [0.2, 0.25) is 0 Å². The third-order valence-corrected chi connectivity index (χ3v) is 11.9. The fourth-order valence-electron chi connectivity index (χ4n) is 9.29. The first-order chi connectivity index (χ1) is 29.3. The van der Waals surface area contributed by atoms with Crippen LogP contribution in [0, 0.1) is 0 Å².